The van der Waals surface area contributed by atoms with Gasteiger partial charge in [0.1, 0.15) is 5.52 Å². The molecule has 0 spiro atoms. The number of halogens is 1. The average molecular weight is 385 g/mol. The molecule has 2 atom stereocenters. The fourth-order valence-corrected chi connectivity index (χ4v) is 3.61. The zero-order valence-corrected chi connectivity index (χ0v) is 16.1. The first kappa shape index (κ1) is 18.0. The normalized spacial score (nSPS) is 20.2. The van der Waals surface area contributed by atoms with Crippen LogP contribution in [0, 0.1) is 0 Å². The van der Waals surface area contributed by atoms with Crippen LogP contribution in [0.1, 0.15) is 35.7 Å². The Morgan fingerprint density at radius 1 is 1.15 bits per heavy atom. The van der Waals surface area contributed by atoms with E-state index in [0.717, 1.165) is 5.56 Å². The molecule has 1 amide bonds. The predicted molar refractivity (Wildman–Crippen MR) is 104 cm³/mol. The number of benzene rings is 2. The van der Waals surface area contributed by atoms with E-state index in [2.05, 4.69) is 4.98 Å². The highest BCUT2D eigenvalue weighted by Gasteiger charge is 2.27. The molecule has 3 aromatic rings. The van der Waals surface area contributed by atoms with E-state index in [-0.39, 0.29) is 18.1 Å². The molecular weight excluding hydrogens is 364 g/mol. The van der Waals surface area contributed by atoms with Crippen molar-refractivity contribution >= 4 is 28.6 Å². The summed E-state index contributed by atoms with van der Waals surface area (Å²) >= 11 is 5.93. The summed E-state index contributed by atoms with van der Waals surface area (Å²) in [5.74, 6) is 0.617. The third-order valence-corrected chi connectivity index (χ3v) is 4.91. The fraction of sp³-hybridized carbons (Fsp3) is 0.333. The molecule has 2 heterocycles. The van der Waals surface area contributed by atoms with Crippen LogP contribution in [0.2, 0.25) is 5.02 Å². The minimum Gasteiger partial charge on any atom is -0.440 e. The van der Waals surface area contributed by atoms with Gasteiger partial charge in [-0.15, -0.1) is 0 Å². The number of hydrogen-bond acceptors (Lipinski definition) is 4. The second-order valence-electron chi connectivity index (χ2n) is 7.06. The highest BCUT2D eigenvalue weighted by Crippen LogP contribution is 2.22. The SMILES string of the molecule is C[C@@H]1CN(C(=O)c2ccc3oc(Cc4ccc(Cl)cc4)nc3c2)C[C@H](C)O1. The number of morpholine rings is 1. The van der Waals surface area contributed by atoms with Crippen LogP contribution in [-0.4, -0.2) is 41.1 Å². The van der Waals surface area contributed by atoms with Gasteiger partial charge in [-0.25, -0.2) is 4.98 Å². The Kier molecular flexibility index (Phi) is 4.89. The summed E-state index contributed by atoms with van der Waals surface area (Å²) in [4.78, 5) is 19.3. The van der Waals surface area contributed by atoms with Crippen molar-refractivity contribution in [3.8, 4) is 0 Å². The van der Waals surface area contributed by atoms with Crippen molar-refractivity contribution in [1.82, 2.24) is 9.88 Å². The number of oxazole rings is 1. The molecule has 1 saturated heterocycles. The number of carbonyl (C=O) groups excluding carboxylic acids is 1. The van der Waals surface area contributed by atoms with Gasteiger partial charge in [-0.3, -0.25) is 4.79 Å². The summed E-state index contributed by atoms with van der Waals surface area (Å²) in [5.41, 5.74) is 3.06. The van der Waals surface area contributed by atoms with E-state index in [9.17, 15) is 4.79 Å². The first-order valence-electron chi connectivity index (χ1n) is 9.06. The van der Waals surface area contributed by atoms with E-state index in [1.807, 2.05) is 49.1 Å². The van der Waals surface area contributed by atoms with E-state index in [0.29, 0.717) is 47.1 Å². The Morgan fingerprint density at radius 2 is 1.85 bits per heavy atom. The quantitative estimate of drug-likeness (QED) is 0.674. The fourth-order valence-electron chi connectivity index (χ4n) is 3.49. The second kappa shape index (κ2) is 7.33. The summed E-state index contributed by atoms with van der Waals surface area (Å²) in [6, 6.07) is 13.0. The zero-order chi connectivity index (χ0) is 19.0. The summed E-state index contributed by atoms with van der Waals surface area (Å²) < 4.78 is 11.5. The van der Waals surface area contributed by atoms with E-state index < -0.39 is 0 Å². The van der Waals surface area contributed by atoms with E-state index in [1.165, 1.54) is 0 Å². The lowest BCUT2D eigenvalue weighted by atomic mass is 10.1. The van der Waals surface area contributed by atoms with Gasteiger partial charge in [0, 0.05) is 30.1 Å². The Balaban J connectivity index is 1.55. The number of carbonyl (C=O) groups is 1. The van der Waals surface area contributed by atoms with Gasteiger partial charge < -0.3 is 14.1 Å². The topological polar surface area (TPSA) is 55.6 Å². The van der Waals surface area contributed by atoms with Crippen molar-refractivity contribution in [1.29, 1.82) is 0 Å². The van der Waals surface area contributed by atoms with Crippen LogP contribution in [0.4, 0.5) is 0 Å². The lowest BCUT2D eigenvalue weighted by Gasteiger charge is -2.35. The number of aromatic nitrogens is 1. The van der Waals surface area contributed by atoms with Crippen molar-refractivity contribution in [2.24, 2.45) is 0 Å². The number of amides is 1. The van der Waals surface area contributed by atoms with Crippen LogP contribution in [0.25, 0.3) is 11.1 Å². The Morgan fingerprint density at radius 3 is 2.56 bits per heavy atom. The summed E-state index contributed by atoms with van der Waals surface area (Å²) in [5, 5.41) is 0.700. The maximum absolute atomic E-state index is 12.9. The maximum atomic E-state index is 12.9. The summed E-state index contributed by atoms with van der Waals surface area (Å²) in [6.45, 7) is 5.17. The minimum atomic E-state index is 0.00107. The first-order chi connectivity index (χ1) is 13.0. The van der Waals surface area contributed by atoms with Gasteiger partial charge in [-0.2, -0.15) is 0 Å². The third-order valence-electron chi connectivity index (χ3n) is 4.65. The first-order valence-corrected chi connectivity index (χ1v) is 9.44. The van der Waals surface area contributed by atoms with Crippen molar-refractivity contribution < 1.29 is 13.9 Å². The zero-order valence-electron chi connectivity index (χ0n) is 15.3. The monoisotopic (exact) mass is 384 g/mol. The summed E-state index contributed by atoms with van der Waals surface area (Å²) in [7, 11) is 0. The molecule has 0 aliphatic carbocycles. The molecule has 0 saturated carbocycles. The lowest BCUT2D eigenvalue weighted by Crippen LogP contribution is -2.48. The molecule has 0 N–H and O–H groups in total. The van der Waals surface area contributed by atoms with Gasteiger partial charge in [0.2, 0.25) is 0 Å². The van der Waals surface area contributed by atoms with Crippen LogP contribution >= 0.6 is 11.6 Å². The number of rotatable bonds is 3. The van der Waals surface area contributed by atoms with E-state index >= 15 is 0 Å². The van der Waals surface area contributed by atoms with Crippen molar-refractivity contribution in [3.63, 3.8) is 0 Å². The molecule has 1 aliphatic rings. The van der Waals surface area contributed by atoms with Gasteiger partial charge in [0.15, 0.2) is 11.5 Å². The number of fused-ring (bicyclic) bond motifs is 1. The molecule has 140 valence electrons. The highest BCUT2D eigenvalue weighted by molar-refractivity contribution is 6.30. The molecule has 4 rings (SSSR count). The molecule has 2 aromatic carbocycles. The molecule has 1 aliphatic heterocycles. The number of nitrogens with zero attached hydrogens (tertiary/aromatic N) is 2. The van der Waals surface area contributed by atoms with E-state index in [4.69, 9.17) is 20.8 Å². The number of hydrogen-bond donors (Lipinski definition) is 0. The molecule has 27 heavy (non-hydrogen) atoms. The largest absolute Gasteiger partial charge is 0.440 e. The van der Waals surface area contributed by atoms with Gasteiger partial charge in [0.25, 0.3) is 5.91 Å². The minimum absolute atomic E-state index is 0.00107. The molecular formula is C21H21ClN2O3. The number of ether oxygens (including phenoxy) is 1. The molecule has 0 unspecified atom stereocenters. The second-order valence-corrected chi connectivity index (χ2v) is 7.50. The van der Waals surface area contributed by atoms with Gasteiger partial charge >= 0.3 is 0 Å². The molecule has 0 bridgehead atoms. The predicted octanol–water partition coefficient (Wildman–Crippen LogP) is 4.32. The Hall–Kier alpha value is -2.37. The van der Waals surface area contributed by atoms with Gasteiger partial charge in [-0.05, 0) is 49.7 Å². The van der Waals surface area contributed by atoms with Crippen molar-refractivity contribution in [2.45, 2.75) is 32.5 Å². The van der Waals surface area contributed by atoms with Crippen LogP contribution < -0.4 is 0 Å². The maximum Gasteiger partial charge on any atom is 0.254 e. The molecule has 0 radical (unpaired) electrons. The van der Waals surface area contributed by atoms with Crippen molar-refractivity contribution in [3.05, 3.63) is 64.5 Å². The van der Waals surface area contributed by atoms with Gasteiger partial charge in [-0.1, -0.05) is 23.7 Å². The van der Waals surface area contributed by atoms with Crippen LogP contribution in [0.3, 0.4) is 0 Å². The van der Waals surface area contributed by atoms with Crippen LogP contribution in [0.15, 0.2) is 46.9 Å². The third kappa shape index (κ3) is 3.99. The average Bonchev–Trinajstić information content (AvgIpc) is 3.03. The van der Waals surface area contributed by atoms with Crippen LogP contribution in [-0.2, 0) is 11.2 Å². The molecule has 1 fully saturated rings. The Bertz CT molecular complexity index is 957. The molecule has 1 aromatic heterocycles. The van der Waals surface area contributed by atoms with E-state index in [1.54, 1.807) is 12.1 Å². The van der Waals surface area contributed by atoms with Crippen LogP contribution in [0.5, 0.6) is 0 Å². The van der Waals surface area contributed by atoms with Crippen molar-refractivity contribution in [2.75, 3.05) is 13.1 Å². The highest BCUT2D eigenvalue weighted by atomic mass is 35.5. The standard InChI is InChI=1S/C21H21ClN2O3/c1-13-11-24(12-14(2)26-13)21(25)16-5-8-19-18(10-16)23-20(27-19)9-15-3-6-17(22)7-4-15/h3-8,10,13-14H,9,11-12H2,1-2H3/t13-,14+. The lowest BCUT2D eigenvalue weighted by molar-refractivity contribution is -0.0586. The van der Waals surface area contributed by atoms with Gasteiger partial charge in [0.05, 0.1) is 12.2 Å². The molecule has 5 nitrogen and oxygen atoms in total. The Labute approximate surface area is 162 Å². The summed E-state index contributed by atoms with van der Waals surface area (Å²) in [6.07, 6.45) is 0.659. The molecule has 6 heteroatoms. The smallest absolute Gasteiger partial charge is 0.254 e.